The summed E-state index contributed by atoms with van der Waals surface area (Å²) in [5, 5.41) is 0. The molecule has 4 heterocycles. The van der Waals surface area contributed by atoms with Crippen LogP contribution in [0.15, 0.2) is 60.9 Å². The van der Waals surface area contributed by atoms with Gasteiger partial charge in [-0.15, -0.1) is 0 Å². The molecule has 3 amide bonds. The number of aromatic nitrogens is 4. The van der Waals surface area contributed by atoms with Gasteiger partial charge in [0, 0.05) is 84.3 Å². The number of hydrogen-bond acceptors (Lipinski definition) is 7. The van der Waals surface area contributed by atoms with E-state index < -0.39 is 0 Å². The third-order valence-electron chi connectivity index (χ3n) is 11.5. The van der Waals surface area contributed by atoms with Crippen LogP contribution >= 0.6 is 0 Å². The van der Waals surface area contributed by atoms with E-state index in [1.54, 1.807) is 18.1 Å². The van der Waals surface area contributed by atoms with Crippen LogP contribution in [0.2, 0.25) is 0 Å². The van der Waals surface area contributed by atoms with Crippen molar-refractivity contribution in [3.05, 3.63) is 72.6 Å². The highest BCUT2D eigenvalue weighted by atomic mass is 16.5. The van der Waals surface area contributed by atoms with E-state index in [4.69, 9.17) is 14.5 Å². The van der Waals surface area contributed by atoms with Crippen LogP contribution in [-0.4, -0.2) is 119 Å². The monoisotopic (exact) mass is 751 g/mol. The van der Waals surface area contributed by atoms with Gasteiger partial charge in [-0.1, -0.05) is 69.3 Å². The Labute approximate surface area is 325 Å². The zero-order chi connectivity index (χ0) is 39.1. The van der Waals surface area contributed by atoms with Gasteiger partial charge in [-0.25, -0.2) is 9.97 Å². The smallest absolute Gasteiger partial charge is 0.242 e. The maximum atomic E-state index is 13.3. The summed E-state index contributed by atoms with van der Waals surface area (Å²) in [6, 6.07) is 17.1. The first-order valence-corrected chi connectivity index (χ1v) is 19.7. The second kappa shape index (κ2) is 18.2. The van der Waals surface area contributed by atoms with Gasteiger partial charge < -0.3 is 34.1 Å². The number of carbonyl (C=O) groups is 3. The lowest BCUT2D eigenvalue weighted by Crippen LogP contribution is -2.45. The molecule has 2 aliphatic heterocycles. The molecular formula is C43H57N7O5. The largest absolute Gasteiger partial charge is 0.381 e. The molecule has 4 aromatic rings. The fraction of sp³-hybridized carbons (Fsp3) is 0.512. The Bertz CT molecular complexity index is 1870. The van der Waals surface area contributed by atoms with Crippen molar-refractivity contribution in [2.24, 2.45) is 5.92 Å². The number of H-pyrrole nitrogens is 2. The van der Waals surface area contributed by atoms with Gasteiger partial charge in [-0.05, 0) is 53.9 Å². The van der Waals surface area contributed by atoms with Gasteiger partial charge in [0.2, 0.25) is 17.7 Å². The highest BCUT2D eigenvalue weighted by Crippen LogP contribution is 2.31. The van der Waals surface area contributed by atoms with E-state index in [0.29, 0.717) is 32.8 Å². The van der Waals surface area contributed by atoms with Gasteiger partial charge in [0.05, 0.1) is 30.3 Å². The molecule has 0 radical (unpaired) electrons. The number of ether oxygens (including phenoxy) is 2. The summed E-state index contributed by atoms with van der Waals surface area (Å²) < 4.78 is 10.9. The SMILES string of the molecule is CC(C)[C@H](CC(=O)N(C)C1CCOCC1)c1ncc(-c2ccc(-c3ccc(-c4cnc([C@H](C)CC(=O)N(C)CC(=O)N(C)C5CCOCC5)[nH]4)cc3)cc2)[nH]1. The third kappa shape index (κ3) is 9.90. The molecule has 0 bridgehead atoms. The van der Waals surface area contributed by atoms with Crippen LogP contribution in [-0.2, 0) is 23.9 Å². The minimum atomic E-state index is -0.140. The van der Waals surface area contributed by atoms with Gasteiger partial charge in [-0.3, -0.25) is 14.4 Å². The molecule has 294 valence electrons. The third-order valence-corrected chi connectivity index (χ3v) is 11.5. The number of amides is 3. The minimum absolute atomic E-state index is 0.00333. The molecule has 12 heteroatoms. The van der Waals surface area contributed by atoms with E-state index in [2.05, 4.69) is 77.3 Å². The van der Waals surface area contributed by atoms with Crippen molar-refractivity contribution in [2.75, 3.05) is 54.1 Å². The fourth-order valence-corrected chi connectivity index (χ4v) is 7.54. The van der Waals surface area contributed by atoms with Crippen molar-refractivity contribution in [1.29, 1.82) is 0 Å². The summed E-state index contributed by atoms with van der Waals surface area (Å²) in [5.74, 6) is 1.68. The summed E-state index contributed by atoms with van der Waals surface area (Å²) in [6.45, 7) is 9.05. The Morgan fingerprint density at radius 1 is 0.636 bits per heavy atom. The first-order chi connectivity index (χ1) is 26.5. The summed E-state index contributed by atoms with van der Waals surface area (Å²) in [5.41, 5.74) is 6.02. The molecule has 2 aromatic carbocycles. The van der Waals surface area contributed by atoms with Gasteiger partial charge in [-0.2, -0.15) is 0 Å². The molecule has 12 nitrogen and oxygen atoms in total. The number of hydrogen-bond donors (Lipinski definition) is 2. The van der Waals surface area contributed by atoms with E-state index in [1.807, 2.05) is 32.1 Å². The highest BCUT2D eigenvalue weighted by Gasteiger charge is 2.29. The Kier molecular flexibility index (Phi) is 13.2. The number of benzene rings is 2. The van der Waals surface area contributed by atoms with Crippen molar-refractivity contribution < 1.29 is 23.9 Å². The predicted octanol–water partition coefficient (Wildman–Crippen LogP) is 6.49. The van der Waals surface area contributed by atoms with E-state index in [0.717, 1.165) is 71.0 Å². The van der Waals surface area contributed by atoms with Gasteiger partial charge >= 0.3 is 0 Å². The summed E-state index contributed by atoms with van der Waals surface area (Å²) in [4.78, 5) is 60.6. The number of carbonyl (C=O) groups excluding carboxylic acids is 3. The summed E-state index contributed by atoms with van der Waals surface area (Å²) in [7, 11) is 5.41. The number of nitrogens with one attached hydrogen (secondary N) is 2. The Morgan fingerprint density at radius 2 is 1.07 bits per heavy atom. The molecule has 55 heavy (non-hydrogen) atoms. The average molecular weight is 752 g/mol. The molecule has 2 fully saturated rings. The molecule has 0 unspecified atom stereocenters. The van der Waals surface area contributed by atoms with Crippen molar-refractivity contribution in [1.82, 2.24) is 34.6 Å². The first kappa shape index (κ1) is 39.9. The van der Waals surface area contributed by atoms with Crippen LogP contribution in [0.5, 0.6) is 0 Å². The van der Waals surface area contributed by atoms with Crippen LogP contribution in [0, 0.1) is 5.92 Å². The maximum Gasteiger partial charge on any atom is 0.242 e. The molecule has 2 atom stereocenters. The van der Waals surface area contributed by atoms with E-state index in [9.17, 15) is 14.4 Å². The second-order valence-electron chi connectivity index (χ2n) is 15.6. The lowest BCUT2D eigenvalue weighted by Gasteiger charge is -2.32. The quantitative estimate of drug-likeness (QED) is 0.150. The van der Waals surface area contributed by atoms with Crippen LogP contribution in [0.4, 0.5) is 0 Å². The molecule has 2 N–H and O–H groups in total. The number of nitrogens with zero attached hydrogens (tertiary/aromatic N) is 5. The van der Waals surface area contributed by atoms with Crippen LogP contribution in [0.3, 0.4) is 0 Å². The lowest BCUT2D eigenvalue weighted by molar-refractivity contribution is -0.141. The zero-order valence-corrected chi connectivity index (χ0v) is 33.2. The van der Waals surface area contributed by atoms with Gasteiger partial charge in [0.1, 0.15) is 11.6 Å². The lowest BCUT2D eigenvalue weighted by atomic mass is 9.91. The topological polar surface area (TPSA) is 137 Å². The standard InChI is InChI=1S/C43H57N7O5/c1-28(2)36(24-40(52)49(5)34-15-19-54-20-16-34)43-45-26-38(47-43)33-13-9-31(10-14-33)30-7-11-32(12-8-30)37-25-44-42(46-37)29(3)23-39(51)48(4)27-41(53)50(6)35-17-21-55-22-18-35/h7-14,25-26,28-29,34-36H,15-24,27H2,1-6H3,(H,44,46)(H,45,47)/t29-,36+/m1/s1. The predicted molar refractivity (Wildman–Crippen MR) is 213 cm³/mol. The fourth-order valence-electron chi connectivity index (χ4n) is 7.54. The first-order valence-electron chi connectivity index (χ1n) is 19.7. The number of imidazole rings is 2. The number of rotatable bonds is 14. The van der Waals surface area contributed by atoms with Crippen LogP contribution < -0.4 is 0 Å². The maximum absolute atomic E-state index is 13.3. The zero-order valence-electron chi connectivity index (χ0n) is 33.2. The van der Waals surface area contributed by atoms with Crippen molar-refractivity contribution in [3.8, 4) is 33.6 Å². The number of aromatic amines is 2. The molecule has 2 aromatic heterocycles. The highest BCUT2D eigenvalue weighted by molar-refractivity contribution is 5.85. The molecule has 2 aliphatic rings. The van der Waals surface area contributed by atoms with Gasteiger partial charge in [0.15, 0.2) is 0 Å². The van der Waals surface area contributed by atoms with E-state index in [1.165, 1.54) is 4.90 Å². The Morgan fingerprint density at radius 3 is 1.56 bits per heavy atom. The Hall–Kier alpha value is -4.81. The molecular weight excluding hydrogens is 695 g/mol. The molecule has 6 rings (SSSR count). The van der Waals surface area contributed by atoms with Crippen LogP contribution in [0.25, 0.3) is 33.6 Å². The molecule has 2 saturated heterocycles. The van der Waals surface area contributed by atoms with Gasteiger partial charge in [0.25, 0.3) is 0 Å². The second-order valence-corrected chi connectivity index (χ2v) is 15.6. The Balaban J connectivity index is 1.02. The van der Waals surface area contributed by atoms with Crippen molar-refractivity contribution in [2.45, 2.75) is 83.2 Å². The molecule has 0 saturated carbocycles. The molecule has 0 spiro atoms. The average Bonchev–Trinajstić information content (AvgIpc) is 3.91. The van der Waals surface area contributed by atoms with E-state index in [-0.39, 0.29) is 60.5 Å². The van der Waals surface area contributed by atoms with Crippen molar-refractivity contribution in [3.63, 3.8) is 0 Å². The minimum Gasteiger partial charge on any atom is -0.381 e. The number of likely N-dealkylation sites (N-methyl/N-ethyl adjacent to an activating group) is 2. The van der Waals surface area contributed by atoms with Crippen LogP contribution in [0.1, 0.15) is 82.8 Å². The summed E-state index contributed by atoms with van der Waals surface area (Å²) in [6.07, 6.45) is 7.75. The normalized spacial score (nSPS) is 16.5. The summed E-state index contributed by atoms with van der Waals surface area (Å²) >= 11 is 0. The van der Waals surface area contributed by atoms with E-state index >= 15 is 0 Å². The molecule has 0 aliphatic carbocycles. The van der Waals surface area contributed by atoms with Crippen molar-refractivity contribution >= 4 is 17.7 Å².